The maximum Gasteiger partial charge on any atom is 0.410 e. The van der Waals surface area contributed by atoms with Gasteiger partial charge in [0.2, 0.25) is 4.96 Å². The van der Waals surface area contributed by atoms with Crippen molar-refractivity contribution in [2.45, 2.75) is 52.7 Å². The van der Waals surface area contributed by atoms with Crippen LogP contribution in [0, 0.1) is 0 Å². The number of fused-ring (bicyclic) bond motifs is 3. The predicted octanol–water partition coefficient (Wildman–Crippen LogP) is 2.65. The lowest BCUT2D eigenvalue weighted by Gasteiger charge is -2.29. The Balaban J connectivity index is 1.85. The summed E-state index contributed by atoms with van der Waals surface area (Å²) in [5, 5.41) is 5.63. The van der Waals surface area contributed by atoms with Gasteiger partial charge in [-0.25, -0.2) is 14.3 Å². The molecule has 114 valence electrons. The van der Waals surface area contributed by atoms with Crippen molar-refractivity contribution in [1.29, 1.82) is 0 Å². The molecule has 3 rings (SSSR count). The van der Waals surface area contributed by atoms with E-state index in [1.54, 1.807) is 16.2 Å². The molecule has 1 aliphatic heterocycles. The number of nitrogens with zero attached hydrogens (tertiary/aromatic N) is 4. The van der Waals surface area contributed by atoms with Gasteiger partial charge >= 0.3 is 6.09 Å². The van der Waals surface area contributed by atoms with Gasteiger partial charge in [-0.2, -0.15) is 5.10 Å². The van der Waals surface area contributed by atoms with Gasteiger partial charge < -0.3 is 9.64 Å². The second-order valence-corrected chi connectivity index (χ2v) is 7.24. The van der Waals surface area contributed by atoms with Crippen LogP contribution in [0.4, 0.5) is 4.79 Å². The molecular weight excluding hydrogens is 288 g/mol. The monoisotopic (exact) mass is 308 g/mol. The summed E-state index contributed by atoms with van der Waals surface area (Å²) in [6.07, 6.45) is 1.39. The number of amides is 1. The van der Waals surface area contributed by atoms with E-state index in [9.17, 15) is 4.79 Å². The molecule has 0 aromatic carbocycles. The third-order valence-electron chi connectivity index (χ3n) is 3.33. The number of aryl methyl sites for hydroxylation is 1. The van der Waals surface area contributed by atoms with E-state index in [-0.39, 0.29) is 6.09 Å². The zero-order chi connectivity index (χ0) is 15.2. The first-order valence-corrected chi connectivity index (χ1v) is 8.03. The SMILES string of the molecule is CCc1nn2c3c(nc2s1)CCN(C(=O)OC(C)(C)C)C3. The molecule has 0 saturated carbocycles. The van der Waals surface area contributed by atoms with Gasteiger partial charge in [0, 0.05) is 13.0 Å². The van der Waals surface area contributed by atoms with Crippen molar-refractivity contribution in [3.8, 4) is 0 Å². The van der Waals surface area contributed by atoms with E-state index < -0.39 is 5.60 Å². The number of imidazole rings is 1. The minimum absolute atomic E-state index is 0.269. The molecule has 21 heavy (non-hydrogen) atoms. The number of carbonyl (C=O) groups is 1. The van der Waals surface area contributed by atoms with E-state index in [2.05, 4.69) is 17.0 Å². The summed E-state index contributed by atoms with van der Waals surface area (Å²) in [6.45, 7) is 8.88. The average Bonchev–Trinajstić information content (AvgIpc) is 2.92. The molecule has 0 saturated heterocycles. The van der Waals surface area contributed by atoms with E-state index in [0.29, 0.717) is 13.1 Å². The van der Waals surface area contributed by atoms with Gasteiger partial charge in [-0.3, -0.25) is 0 Å². The van der Waals surface area contributed by atoms with Crippen molar-refractivity contribution in [2.24, 2.45) is 0 Å². The lowest BCUT2D eigenvalue weighted by atomic mass is 10.1. The average molecular weight is 308 g/mol. The van der Waals surface area contributed by atoms with Crippen LogP contribution in [-0.2, 0) is 24.1 Å². The largest absolute Gasteiger partial charge is 0.444 e. The summed E-state index contributed by atoms with van der Waals surface area (Å²) in [7, 11) is 0. The molecule has 2 aromatic rings. The highest BCUT2D eigenvalue weighted by atomic mass is 32.1. The standard InChI is InChI=1S/C14H20N4O2S/c1-5-11-16-18-10-8-17(13(19)20-14(2,3)4)7-6-9(10)15-12(18)21-11/h5-8H2,1-4H3. The summed E-state index contributed by atoms with van der Waals surface area (Å²) >= 11 is 1.62. The molecule has 6 nitrogen and oxygen atoms in total. The van der Waals surface area contributed by atoms with Gasteiger partial charge in [0.1, 0.15) is 10.6 Å². The molecule has 3 heterocycles. The first-order valence-electron chi connectivity index (χ1n) is 7.21. The Morgan fingerprint density at radius 1 is 1.43 bits per heavy atom. The summed E-state index contributed by atoms with van der Waals surface area (Å²) in [5.41, 5.74) is 1.59. The minimum Gasteiger partial charge on any atom is -0.444 e. The number of ether oxygens (including phenoxy) is 1. The summed E-state index contributed by atoms with van der Waals surface area (Å²) in [5.74, 6) is 0. The molecule has 0 bridgehead atoms. The van der Waals surface area contributed by atoms with E-state index >= 15 is 0 Å². The Labute approximate surface area is 127 Å². The van der Waals surface area contributed by atoms with Crippen molar-refractivity contribution < 1.29 is 9.53 Å². The number of hydrogen-bond donors (Lipinski definition) is 0. The van der Waals surface area contributed by atoms with Gasteiger partial charge in [-0.15, -0.1) is 0 Å². The molecule has 0 N–H and O–H groups in total. The van der Waals surface area contributed by atoms with Crippen molar-refractivity contribution in [3.63, 3.8) is 0 Å². The van der Waals surface area contributed by atoms with Crippen LogP contribution in [0.3, 0.4) is 0 Å². The van der Waals surface area contributed by atoms with Crippen molar-refractivity contribution in [3.05, 3.63) is 16.4 Å². The Morgan fingerprint density at radius 2 is 2.19 bits per heavy atom. The first kappa shape index (κ1) is 14.3. The van der Waals surface area contributed by atoms with E-state index in [0.717, 1.165) is 34.2 Å². The van der Waals surface area contributed by atoms with E-state index in [1.807, 2.05) is 25.3 Å². The third-order valence-corrected chi connectivity index (χ3v) is 4.39. The van der Waals surface area contributed by atoms with Crippen molar-refractivity contribution in [1.82, 2.24) is 19.5 Å². The van der Waals surface area contributed by atoms with Crippen LogP contribution in [0.25, 0.3) is 4.96 Å². The Kier molecular flexibility index (Phi) is 3.39. The van der Waals surface area contributed by atoms with E-state index in [4.69, 9.17) is 4.74 Å². The predicted molar refractivity (Wildman–Crippen MR) is 80.6 cm³/mol. The van der Waals surface area contributed by atoms with Gasteiger partial charge in [-0.1, -0.05) is 18.3 Å². The molecule has 7 heteroatoms. The van der Waals surface area contributed by atoms with Gasteiger partial charge in [0.15, 0.2) is 0 Å². The topological polar surface area (TPSA) is 59.7 Å². The lowest BCUT2D eigenvalue weighted by Crippen LogP contribution is -2.40. The van der Waals surface area contributed by atoms with Crippen LogP contribution in [0.15, 0.2) is 0 Å². The van der Waals surface area contributed by atoms with Crippen molar-refractivity contribution >= 4 is 22.4 Å². The Bertz CT molecular complexity index is 683. The second kappa shape index (κ2) is 4.98. The summed E-state index contributed by atoms with van der Waals surface area (Å²) < 4.78 is 7.33. The van der Waals surface area contributed by atoms with Crippen molar-refractivity contribution in [2.75, 3.05) is 6.54 Å². The van der Waals surface area contributed by atoms with Crippen LogP contribution < -0.4 is 0 Å². The zero-order valence-corrected chi connectivity index (χ0v) is 13.7. The fraction of sp³-hybridized carbons (Fsp3) is 0.643. The zero-order valence-electron chi connectivity index (χ0n) is 12.8. The van der Waals surface area contributed by atoms with Crippen LogP contribution in [0.2, 0.25) is 0 Å². The highest BCUT2D eigenvalue weighted by Crippen LogP contribution is 2.25. The highest BCUT2D eigenvalue weighted by molar-refractivity contribution is 7.16. The first-order chi connectivity index (χ1) is 9.87. The van der Waals surface area contributed by atoms with Gasteiger partial charge in [0.05, 0.1) is 17.9 Å². The van der Waals surface area contributed by atoms with Crippen LogP contribution in [-0.4, -0.2) is 37.7 Å². The number of rotatable bonds is 1. The van der Waals surface area contributed by atoms with Crippen LogP contribution in [0.1, 0.15) is 44.1 Å². The Hall–Kier alpha value is -1.63. The van der Waals surface area contributed by atoms with Crippen LogP contribution >= 0.6 is 11.3 Å². The molecule has 0 radical (unpaired) electrons. The van der Waals surface area contributed by atoms with Crippen LogP contribution in [0.5, 0.6) is 0 Å². The molecule has 1 amide bonds. The summed E-state index contributed by atoms with van der Waals surface area (Å²) in [6, 6.07) is 0. The second-order valence-electron chi connectivity index (χ2n) is 6.20. The highest BCUT2D eigenvalue weighted by Gasteiger charge is 2.29. The smallest absolute Gasteiger partial charge is 0.410 e. The molecule has 0 spiro atoms. The molecule has 0 aliphatic carbocycles. The number of hydrogen-bond acceptors (Lipinski definition) is 5. The molecule has 0 fully saturated rings. The fourth-order valence-electron chi connectivity index (χ4n) is 2.36. The molecule has 1 aliphatic rings. The molecular formula is C14H20N4O2S. The normalized spacial score (nSPS) is 15.3. The Morgan fingerprint density at radius 3 is 2.86 bits per heavy atom. The summed E-state index contributed by atoms with van der Waals surface area (Å²) in [4.78, 5) is 19.5. The third kappa shape index (κ3) is 2.74. The van der Waals surface area contributed by atoms with Gasteiger partial charge in [-0.05, 0) is 27.2 Å². The molecule has 2 aromatic heterocycles. The number of aromatic nitrogens is 3. The molecule has 0 atom stereocenters. The number of carbonyl (C=O) groups excluding carboxylic acids is 1. The van der Waals surface area contributed by atoms with E-state index in [1.165, 1.54) is 0 Å². The molecule has 0 unspecified atom stereocenters. The minimum atomic E-state index is -0.472. The fourth-order valence-corrected chi connectivity index (χ4v) is 3.23. The maximum absolute atomic E-state index is 12.2. The lowest BCUT2D eigenvalue weighted by molar-refractivity contribution is 0.0219. The quantitative estimate of drug-likeness (QED) is 0.812. The van der Waals surface area contributed by atoms with Gasteiger partial charge in [0.25, 0.3) is 0 Å². The maximum atomic E-state index is 12.2.